The van der Waals surface area contributed by atoms with Gasteiger partial charge in [-0.3, -0.25) is 10.1 Å². The van der Waals surface area contributed by atoms with Crippen molar-refractivity contribution in [3.8, 4) is 5.75 Å². The molecule has 6 nitrogen and oxygen atoms in total. The van der Waals surface area contributed by atoms with Crippen molar-refractivity contribution in [1.82, 2.24) is 4.98 Å². The summed E-state index contributed by atoms with van der Waals surface area (Å²) in [4.78, 5) is 15.2. The minimum atomic E-state index is -0.495. The quantitative estimate of drug-likeness (QED) is 0.308. The predicted molar refractivity (Wildman–Crippen MR) is 107 cm³/mol. The van der Waals surface area contributed by atoms with Crippen LogP contribution in [0.15, 0.2) is 22.8 Å². The van der Waals surface area contributed by atoms with E-state index in [1.165, 1.54) is 0 Å². The summed E-state index contributed by atoms with van der Waals surface area (Å²) in [5.74, 6) is 0.315. The molecule has 2 heterocycles. The third-order valence-electron chi connectivity index (χ3n) is 4.64. The van der Waals surface area contributed by atoms with Crippen molar-refractivity contribution in [2.24, 2.45) is 0 Å². The Hall–Kier alpha value is -1.41. The van der Waals surface area contributed by atoms with Crippen LogP contribution in [0.1, 0.15) is 35.4 Å². The predicted octanol–water partition coefficient (Wildman–Crippen LogP) is 5.84. The number of nitro benzene ring substituents is 1. The Bertz CT molecular complexity index is 873. The minimum absolute atomic E-state index is 0.0280. The molecule has 2 aromatic rings. The summed E-state index contributed by atoms with van der Waals surface area (Å²) in [5, 5.41) is 12.0. The lowest BCUT2D eigenvalue weighted by Crippen LogP contribution is -2.16. The van der Waals surface area contributed by atoms with E-state index >= 15 is 0 Å². The fraction of sp³-hybridized carbons (Fsp3) is 0.389. The van der Waals surface area contributed by atoms with Crippen molar-refractivity contribution >= 4 is 44.8 Å². The second-order valence-electron chi connectivity index (χ2n) is 6.24. The topological polar surface area (TPSA) is 74.5 Å². The summed E-state index contributed by atoms with van der Waals surface area (Å²) in [5.41, 5.74) is 2.03. The van der Waals surface area contributed by atoms with Crippen LogP contribution in [0.3, 0.4) is 0 Å². The molecule has 1 aliphatic rings. The van der Waals surface area contributed by atoms with Gasteiger partial charge >= 0.3 is 5.69 Å². The van der Waals surface area contributed by atoms with Crippen molar-refractivity contribution < 1.29 is 14.4 Å². The highest BCUT2D eigenvalue weighted by molar-refractivity contribution is 9.10. The van der Waals surface area contributed by atoms with Crippen molar-refractivity contribution in [2.75, 3.05) is 13.2 Å². The average Bonchev–Trinajstić information content (AvgIpc) is 2.64. The van der Waals surface area contributed by atoms with Crippen LogP contribution in [-0.4, -0.2) is 23.1 Å². The number of nitrogens with zero attached hydrogens (tertiary/aromatic N) is 2. The zero-order valence-electron chi connectivity index (χ0n) is 14.5. The summed E-state index contributed by atoms with van der Waals surface area (Å²) in [6.45, 7) is 3.05. The normalized spacial score (nSPS) is 15.0. The fourth-order valence-corrected chi connectivity index (χ4v) is 4.22. The third-order valence-corrected chi connectivity index (χ3v) is 6.07. The number of ether oxygens (including phenoxy) is 2. The number of rotatable bonds is 5. The standard InChI is InChI=1S/C18H17BrCl2N2O4/c1-10-14(19)8-15(20)17(16(10)23(24)25)27-9-13-12(2-5-22-18(13)21)11-3-6-26-7-4-11/h2,5,8,11H,3-4,6-7,9H2,1H3. The molecule has 1 aromatic carbocycles. The molecule has 1 aromatic heterocycles. The second-order valence-corrected chi connectivity index (χ2v) is 7.86. The van der Waals surface area contributed by atoms with Gasteiger partial charge in [0.15, 0.2) is 0 Å². The summed E-state index contributed by atoms with van der Waals surface area (Å²) in [6.07, 6.45) is 3.42. The second kappa shape index (κ2) is 8.73. The lowest BCUT2D eigenvalue weighted by molar-refractivity contribution is -0.386. The molecule has 0 amide bonds. The van der Waals surface area contributed by atoms with Gasteiger partial charge in [-0.15, -0.1) is 0 Å². The molecule has 0 atom stereocenters. The first-order valence-electron chi connectivity index (χ1n) is 8.37. The maximum atomic E-state index is 11.5. The largest absolute Gasteiger partial charge is 0.481 e. The third kappa shape index (κ3) is 4.37. The smallest absolute Gasteiger partial charge is 0.316 e. The molecule has 1 fully saturated rings. The van der Waals surface area contributed by atoms with E-state index in [-0.39, 0.29) is 29.0 Å². The van der Waals surface area contributed by atoms with Crippen LogP contribution in [-0.2, 0) is 11.3 Å². The SMILES string of the molecule is Cc1c(Br)cc(Cl)c(OCc2c(C3CCOCC3)ccnc2Cl)c1[N+](=O)[O-]. The zero-order valence-corrected chi connectivity index (χ0v) is 17.6. The molecule has 0 saturated carbocycles. The Balaban J connectivity index is 1.94. The number of nitro groups is 1. The summed E-state index contributed by atoms with van der Waals surface area (Å²) in [7, 11) is 0. The van der Waals surface area contributed by atoms with Crippen molar-refractivity contribution in [1.29, 1.82) is 0 Å². The Labute approximate surface area is 175 Å². The molecule has 0 spiro atoms. The molecule has 0 radical (unpaired) electrons. The molecule has 0 unspecified atom stereocenters. The van der Waals surface area contributed by atoms with Gasteiger partial charge < -0.3 is 9.47 Å². The number of halogens is 3. The monoisotopic (exact) mass is 474 g/mol. The lowest BCUT2D eigenvalue weighted by Gasteiger charge is -2.25. The maximum absolute atomic E-state index is 11.5. The minimum Gasteiger partial charge on any atom is -0.481 e. The van der Waals surface area contributed by atoms with Crippen molar-refractivity contribution in [2.45, 2.75) is 32.3 Å². The van der Waals surface area contributed by atoms with Crippen LogP contribution < -0.4 is 4.74 Å². The van der Waals surface area contributed by atoms with Crippen molar-refractivity contribution in [3.63, 3.8) is 0 Å². The number of aromatic nitrogens is 1. The Morgan fingerprint density at radius 2 is 2.11 bits per heavy atom. The Kier molecular flexibility index (Phi) is 6.57. The first kappa shape index (κ1) is 20.3. The van der Waals surface area contributed by atoms with E-state index in [1.54, 1.807) is 19.2 Å². The van der Waals surface area contributed by atoms with Gasteiger partial charge in [0.25, 0.3) is 0 Å². The number of benzene rings is 1. The zero-order chi connectivity index (χ0) is 19.6. The van der Waals surface area contributed by atoms with Crippen molar-refractivity contribution in [3.05, 3.63) is 59.8 Å². The van der Waals surface area contributed by atoms with E-state index in [0.717, 1.165) is 24.0 Å². The van der Waals surface area contributed by atoms with Crippen LogP contribution in [0.4, 0.5) is 5.69 Å². The first-order chi connectivity index (χ1) is 12.9. The molecule has 1 saturated heterocycles. The van der Waals surface area contributed by atoms with Crippen LogP contribution in [0, 0.1) is 17.0 Å². The van der Waals surface area contributed by atoms with E-state index in [0.29, 0.717) is 28.4 Å². The molecule has 27 heavy (non-hydrogen) atoms. The van der Waals surface area contributed by atoms with Gasteiger partial charge in [-0.25, -0.2) is 4.98 Å². The molecule has 0 bridgehead atoms. The van der Waals surface area contributed by atoms with Gasteiger partial charge in [-0.2, -0.15) is 0 Å². The van der Waals surface area contributed by atoms with E-state index in [2.05, 4.69) is 20.9 Å². The van der Waals surface area contributed by atoms with E-state index < -0.39 is 4.92 Å². The van der Waals surface area contributed by atoms with E-state index in [1.807, 2.05) is 6.07 Å². The van der Waals surface area contributed by atoms with Gasteiger partial charge in [0.05, 0.1) is 9.95 Å². The molecule has 0 N–H and O–H groups in total. The number of hydrogen-bond donors (Lipinski definition) is 0. The number of hydrogen-bond acceptors (Lipinski definition) is 5. The fourth-order valence-electron chi connectivity index (χ4n) is 3.20. The molecule has 144 valence electrons. The first-order valence-corrected chi connectivity index (χ1v) is 9.91. The maximum Gasteiger partial charge on any atom is 0.316 e. The van der Waals surface area contributed by atoms with Crippen LogP contribution in [0.5, 0.6) is 5.75 Å². The van der Waals surface area contributed by atoms with Gasteiger partial charge in [0.2, 0.25) is 5.75 Å². The van der Waals surface area contributed by atoms with Gasteiger partial charge in [0, 0.05) is 35.0 Å². The average molecular weight is 476 g/mol. The van der Waals surface area contributed by atoms with E-state index in [4.69, 9.17) is 32.7 Å². The Morgan fingerprint density at radius 1 is 1.41 bits per heavy atom. The highest BCUT2D eigenvalue weighted by Crippen LogP contribution is 2.42. The molecule has 0 aliphatic carbocycles. The molecular formula is C18H17BrCl2N2O4. The van der Waals surface area contributed by atoms with Crippen LogP contribution in [0.25, 0.3) is 0 Å². The van der Waals surface area contributed by atoms with Crippen LogP contribution >= 0.6 is 39.1 Å². The molecule has 3 rings (SSSR count). The Morgan fingerprint density at radius 3 is 2.78 bits per heavy atom. The van der Waals surface area contributed by atoms with E-state index in [9.17, 15) is 10.1 Å². The highest BCUT2D eigenvalue weighted by Gasteiger charge is 2.26. The van der Waals surface area contributed by atoms with Gasteiger partial charge in [-0.05, 0) is 43.4 Å². The highest BCUT2D eigenvalue weighted by atomic mass is 79.9. The summed E-state index contributed by atoms with van der Waals surface area (Å²) < 4.78 is 11.8. The summed E-state index contributed by atoms with van der Waals surface area (Å²) >= 11 is 15.8. The molecule has 1 aliphatic heterocycles. The van der Waals surface area contributed by atoms with Crippen LogP contribution in [0.2, 0.25) is 10.2 Å². The number of pyridine rings is 1. The summed E-state index contributed by atoms with van der Waals surface area (Å²) in [6, 6.07) is 3.51. The molecule has 9 heteroatoms. The van der Waals surface area contributed by atoms with Gasteiger partial charge in [-0.1, -0.05) is 39.1 Å². The lowest BCUT2D eigenvalue weighted by atomic mass is 9.89. The molecular weight excluding hydrogens is 459 g/mol. The van der Waals surface area contributed by atoms with Gasteiger partial charge in [0.1, 0.15) is 11.8 Å².